The number of hydrogen-bond acceptors (Lipinski definition) is 4. The Hall–Kier alpha value is -2.81. The van der Waals surface area contributed by atoms with Crippen LogP contribution in [0.3, 0.4) is 0 Å². The number of nitrogens with one attached hydrogen (secondary N) is 2. The van der Waals surface area contributed by atoms with Gasteiger partial charge in [-0.2, -0.15) is 0 Å². The molecule has 7 nitrogen and oxygen atoms in total. The van der Waals surface area contributed by atoms with Gasteiger partial charge in [0, 0.05) is 31.4 Å². The van der Waals surface area contributed by atoms with Crippen LogP contribution >= 0.6 is 0 Å². The van der Waals surface area contributed by atoms with Crippen LogP contribution in [0.15, 0.2) is 18.2 Å². The molecule has 0 radical (unpaired) electrons. The SMILES string of the molecule is CN(C)CCNC(=O)c1nc(C(=O)Nc2ccc(F)c(F)c2)c2n1CCCC2. The molecule has 28 heavy (non-hydrogen) atoms. The zero-order chi connectivity index (χ0) is 20.3. The van der Waals surface area contributed by atoms with Gasteiger partial charge < -0.3 is 20.1 Å². The highest BCUT2D eigenvalue weighted by atomic mass is 19.2. The van der Waals surface area contributed by atoms with Gasteiger partial charge in [-0.15, -0.1) is 0 Å². The summed E-state index contributed by atoms with van der Waals surface area (Å²) in [6.07, 6.45) is 2.41. The van der Waals surface area contributed by atoms with E-state index in [9.17, 15) is 18.4 Å². The number of imidazole rings is 1. The van der Waals surface area contributed by atoms with Crippen LogP contribution < -0.4 is 10.6 Å². The van der Waals surface area contributed by atoms with E-state index in [0.717, 1.165) is 25.0 Å². The number of anilines is 1. The second-order valence-corrected chi connectivity index (χ2v) is 6.98. The number of benzene rings is 1. The molecule has 1 aromatic carbocycles. The Bertz CT molecular complexity index is 895. The van der Waals surface area contributed by atoms with Crippen molar-refractivity contribution in [2.24, 2.45) is 0 Å². The molecule has 1 aliphatic heterocycles. The number of amides is 2. The number of fused-ring (bicyclic) bond motifs is 1. The highest BCUT2D eigenvalue weighted by Gasteiger charge is 2.27. The Labute approximate surface area is 161 Å². The molecule has 2 aromatic rings. The molecule has 2 heterocycles. The summed E-state index contributed by atoms with van der Waals surface area (Å²) >= 11 is 0. The van der Waals surface area contributed by atoms with Gasteiger partial charge >= 0.3 is 0 Å². The topological polar surface area (TPSA) is 79.3 Å². The lowest BCUT2D eigenvalue weighted by Crippen LogP contribution is -2.33. The molecule has 0 spiro atoms. The van der Waals surface area contributed by atoms with Gasteiger partial charge in [0.2, 0.25) is 0 Å². The quantitative estimate of drug-likeness (QED) is 0.790. The minimum atomic E-state index is -1.05. The van der Waals surface area contributed by atoms with Gasteiger partial charge in [0.15, 0.2) is 23.2 Å². The average molecular weight is 391 g/mol. The highest BCUT2D eigenvalue weighted by Crippen LogP contribution is 2.22. The van der Waals surface area contributed by atoms with Crippen LogP contribution in [0.2, 0.25) is 0 Å². The molecule has 2 amide bonds. The molecular weight excluding hydrogens is 368 g/mol. The summed E-state index contributed by atoms with van der Waals surface area (Å²) in [6, 6.07) is 3.12. The number of carbonyl (C=O) groups is 2. The minimum Gasteiger partial charge on any atom is -0.348 e. The number of likely N-dealkylation sites (N-methyl/N-ethyl adjacent to an activating group) is 1. The van der Waals surface area contributed by atoms with E-state index in [2.05, 4.69) is 15.6 Å². The maximum atomic E-state index is 13.4. The molecule has 1 aromatic heterocycles. The standard InChI is InChI=1S/C19H23F2N5O2/c1-25(2)10-8-22-19(28)17-24-16(15-5-3-4-9-26(15)17)18(27)23-12-6-7-13(20)14(21)11-12/h6-7,11H,3-5,8-10H2,1-2H3,(H,22,28)(H,23,27). The van der Waals surface area contributed by atoms with E-state index >= 15 is 0 Å². The van der Waals surface area contributed by atoms with Crippen LogP contribution in [0.4, 0.5) is 14.5 Å². The lowest BCUT2D eigenvalue weighted by molar-refractivity contribution is 0.0935. The summed E-state index contributed by atoms with van der Waals surface area (Å²) in [5, 5.41) is 5.34. The zero-order valence-electron chi connectivity index (χ0n) is 15.9. The Kier molecular flexibility index (Phi) is 6.03. The molecule has 2 N–H and O–H groups in total. The van der Waals surface area contributed by atoms with Gasteiger partial charge in [-0.1, -0.05) is 0 Å². The van der Waals surface area contributed by atoms with E-state index in [1.54, 1.807) is 4.57 Å². The maximum absolute atomic E-state index is 13.4. The Morgan fingerprint density at radius 2 is 1.96 bits per heavy atom. The number of nitrogens with zero attached hydrogens (tertiary/aromatic N) is 3. The van der Waals surface area contributed by atoms with Gasteiger partial charge in [-0.05, 0) is 45.5 Å². The zero-order valence-corrected chi connectivity index (χ0v) is 15.9. The maximum Gasteiger partial charge on any atom is 0.287 e. The molecule has 3 rings (SSSR count). The molecule has 0 saturated heterocycles. The molecule has 0 aliphatic carbocycles. The molecule has 150 valence electrons. The Balaban J connectivity index is 1.82. The summed E-state index contributed by atoms with van der Waals surface area (Å²) < 4.78 is 28.2. The number of carbonyl (C=O) groups excluding carboxylic acids is 2. The molecule has 9 heteroatoms. The van der Waals surface area contributed by atoms with Crippen LogP contribution in [-0.4, -0.2) is 53.5 Å². The van der Waals surface area contributed by atoms with Gasteiger partial charge in [0.05, 0.1) is 5.69 Å². The van der Waals surface area contributed by atoms with Crippen LogP contribution in [0.25, 0.3) is 0 Å². The van der Waals surface area contributed by atoms with Crippen molar-refractivity contribution in [1.29, 1.82) is 0 Å². The first-order valence-electron chi connectivity index (χ1n) is 9.15. The van der Waals surface area contributed by atoms with Gasteiger partial charge in [-0.25, -0.2) is 13.8 Å². The Morgan fingerprint density at radius 1 is 1.18 bits per heavy atom. The molecule has 0 fully saturated rings. The fourth-order valence-electron chi connectivity index (χ4n) is 3.13. The predicted octanol–water partition coefficient (Wildman–Crippen LogP) is 2.04. The van der Waals surface area contributed by atoms with Gasteiger partial charge in [-0.3, -0.25) is 9.59 Å². The van der Waals surface area contributed by atoms with Crippen LogP contribution in [0.1, 0.15) is 39.6 Å². The lowest BCUT2D eigenvalue weighted by atomic mass is 10.1. The van der Waals surface area contributed by atoms with E-state index in [4.69, 9.17) is 0 Å². The van der Waals surface area contributed by atoms with Crippen LogP contribution in [0, 0.1) is 11.6 Å². The minimum absolute atomic E-state index is 0.124. The smallest absolute Gasteiger partial charge is 0.287 e. The summed E-state index contributed by atoms with van der Waals surface area (Å²) in [4.78, 5) is 31.4. The van der Waals surface area contributed by atoms with E-state index < -0.39 is 17.5 Å². The first-order valence-corrected chi connectivity index (χ1v) is 9.15. The monoisotopic (exact) mass is 391 g/mol. The first-order chi connectivity index (χ1) is 13.4. The van der Waals surface area contributed by atoms with Crippen LogP contribution in [0.5, 0.6) is 0 Å². The van der Waals surface area contributed by atoms with E-state index in [1.807, 2.05) is 19.0 Å². The fourth-order valence-corrected chi connectivity index (χ4v) is 3.13. The summed E-state index contributed by atoms with van der Waals surface area (Å²) in [6.45, 7) is 1.75. The molecule has 0 atom stereocenters. The molecule has 0 saturated carbocycles. The van der Waals surface area contributed by atoms with Crippen molar-refractivity contribution in [3.05, 3.63) is 47.0 Å². The largest absolute Gasteiger partial charge is 0.348 e. The Morgan fingerprint density at radius 3 is 2.68 bits per heavy atom. The second kappa shape index (κ2) is 8.47. The van der Waals surface area contributed by atoms with Crippen molar-refractivity contribution in [3.8, 4) is 0 Å². The summed E-state index contributed by atoms with van der Waals surface area (Å²) in [5.41, 5.74) is 0.949. The van der Waals surface area contributed by atoms with E-state index in [-0.39, 0.29) is 23.1 Å². The van der Waals surface area contributed by atoms with Crippen molar-refractivity contribution < 1.29 is 18.4 Å². The number of rotatable bonds is 6. The molecule has 1 aliphatic rings. The van der Waals surface area contributed by atoms with E-state index in [1.165, 1.54) is 6.07 Å². The van der Waals surface area contributed by atoms with Gasteiger partial charge in [0.25, 0.3) is 11.8 Å². The third-order valence-electron chi connectivity index (χ3n) is 4.56. The third-order valence-corrected chi connectivity index (χ3v) is 4.56. The number of halogens is 2. The first kappa shape index (κ1) is 19.9. The van der Waals surface area contributed by atoms with Gasteiger partial charge in [0.1, 0.15) is 0 Å². The van der Waals surface area contributed by atoms with Crippen molar-refractivity contribution in [2.75, 3.05) is 32.5 Å². The molecule has 0 bridgehead atoms. The van der Waals surface area contributed by atoms with E-state index in [0.29, 0.717) is 31.7 Å². The third kappa shape index (κ3) is 4.36. The van der Waals surface area contributed by atoms with Crippen molar-refractivity contribution in [3.63, 3.8) is 0 Å². The summed E-state index contributed by atoms with van der Waals surface area (Å²) in [7, 11) is 3.81. The molecule has 0 unspecified atom stereocenters. The number of hydrogen-bond donors (Lipinski definition) is 2. The second-order valence-electron chi connectivity index (χ2n) is 6.98. The van der Waals surface area contributed by atoms with Crippen molar-refractivity contribution in [2.45, 2.75) is 25.8 Å². The highest BCUT2D eigenvalue weighted by molar-refractivity contribution is 6.05. The normalized spacial score (nSPS) is 13.3. The molecular formula is C19H23F2N5O2. The predicted molar refractivity (Wildman–Crippen MR) is 100 cm³/mol. The number of aromatic nitrogens is 2. The van der Waals surface area contributed by atoms with Crippen molar-refractivity contribution in [1.82, 2.24) is 19.8 Å². The lowest BCUT2D eigenvalue weighted by Gasteiger charge is -2.17. The average Bonchev–Trinajstić information content (AvgIpc) is 3.04. The van der Waals surface area contributed by atoms with Crippen molar-refractivity contribution >= 4 is 17.5 Å². The summed E-state index contributed by atoms with van der Waals surface area (Å²) in [5.74, 6) is -2.73. The van der Waals surface area contributed by atoms with Crippen LogP contribution in [-0.2, 0) is 13.0 Å². The fraction of sp³-hybridized carbons (Fsp3) is 0.421.